The number of ether oxygens (including phenoxy) is 1. The van der Waals surface area contributed by atoms with Crippen molar-refractivity contribution in [2.45, 2.75) is 43.8 Å². The van der Waals surface area contributed by atoms with Crippen molar-refractivity contribution in [3.05, 3.63) is 0 Å². The SMILES string of the molecule is CC1CCN(c2nnc(SCC(=O)N3CCOCC3)n2C2CC2)CC1. The van der Waals surface area contributed by atoms with Crippen LogP contribution >= 0.6 is 11.8 Å². The molecule has 8 heteroatoms. The first kappa shape index (κ1) is 17.1. The summed E-state index contributed by atoms with van der Waals surface area (Å²) in [6.07, 6.45) is 4.82. The average molecular weight is 366 g/mol. The van der Waals surface area contributed by atoms with E-state index in [1.165, 1.54) is 37.4 Å². The van der Waals surface area contributed by atoms with Crippen LogP contribution in [-0.4, -0.2) is 70.7 Å². The molecule has 0 atom stereocenters. The molecule has 1 aromatic rings. The molecule has 1 saturated carbocycles. The summed E-state index contributed by atoms with van der Waals surface area (Å²) in [5.41, 5.74) is 0. The van der Waals surface area contributed by atoms with Crippen LogP contribution in [0.4, 0.5) is 5.95 Å². The third-order valence-corrected chi connectivity index (χ3v) is 6.24. The molecule has 0 radical (unpaired) electrons. The second kappa shape index (κ2) is 7.53. The number of thioether (sulfide) groups is 1. The summed E-state index contributed by atoms with van der Waals surface area (Å²) in [6, 6.07) is 0.519. The van der Waals surface area contributed by atoms with Gasteiger partial charge in [0.05, 0.1) is 19.0 Å². The Labute approximate surface area is 153 Å². The maximum absolute atomic E-state index is 12.4. The summed E-state index contributed by atoms with van der Waals surface area (Å²) in [6.45, 7) is 7.13. The molecular formula is C17H27N5O2S. The quantitative estimate of drug-likeness (QED) is 0.742. The topological polar surface area (TPSA) is 63.5 Å². The van der Waals surface area contributed by atoms with E-state index in [1.807, 2.05) is 4.90 Å². The minimum Gasteiger partial charge on any atom is -0.378 e. The number of anilines is 1. The van der Waals surface area contributed by atoms with Crippen LogP contribution in [0, 0.1) is 5.92 Å². The normalized spacial score (nSPS) is 22.4. The van der Waals surface area contributed by atoms with Gasteiger partial charge >= 0.3 is 0 Å². The van der Waals surface area contributed by atoms with Gasteiger partial charge in [-0.25, -0.2) is 0 Å². The third-order valence-electron chi connectivity index (χ3n) is 5.31. The van der Waals surface area contributed by atoms with Crippen molar-refractivity contribution < 1.29 is 9.53 Å². The van der Waals surface area contributed by atoms with Crippen molar-refractivity contribution in [3.63, 3.8) is 0 Å². The zero-order chi connectivity index (χ0) is 17.2. The average Bonchev–Trinajstić information content (AvgIpc) is 3.40. The molecule has 25 heavy (non-hydrogen) atoms. The number of amides is 1. The first-order valence-electron chi connectivity index (χ1n) is 9.40. The van der Waals surface area contributed by atoms with E-state index in [-0.39, 0.29) is 5.91 Å². The van der Waals surface area contributed by atoms with Gasteiger partial charge in [0.25, 0.3) is 0 Å². The van der Waals surface area contributed by atoms with Crippen LogP contribution < -0.4 is 4.90 Å². The fourth-order valence-electron chi connectivity index (χ4n) is 3.47. The number of rotatable bonds is 5. The number of nitrogens with zero attached hydrogens (tertiary/aromatic N) is 5. The van der Waals surface area contributed by atoms with Gasteiger partial charge in [-0.15, -0.1) is 10.2 Å². The molecule has 138 valence electrons. The lowest BCUT2D eigenvalue weighted by Crippen LogP contribution is -2.41. The maximum Gasteiger partial charge on any atom is 0.233 e. The fraction of sp³-hybridized carbons (Fsp3) is 0.824. The standard InChI is InChI=1S/C17H27N5O2S/c1-13-4-6-21(7-5-13)16-18-19-17(22(16)14-2-3-14)25-12-15(23)20-8-10-24-11-9-20/h13-14H,2-12H2,1H3. The van der Waals surface area contributed by atoms with Crippen molar-refractivity contribution in [2.24, 2.45) is 5.92 Å². The Hall–Kier alpha value is -1.28. The number of hydrogen-bond donors (Lipinski definition) is 0. The van der Waals surface area contributed by atoms with Gasteiger partial charge in [-0.1, -0.05) is 18.7 Å². The minimum absolute atomic E-state index is 0.173. The Kier molecular flexibility index (Phi) is 5.17. The zero-order valence-electron chi connectivity index (χ0n) is 14.9. The highest BCUT2D eigenvalue weighted by Crippen LogP contribution is 2.41. The van der Waals surface area contributed by atoms with Crippen LogP contribution in [0.1, 0.15) is 38.6 Å². The monoisotopic (exact) mass is 365 g/mol. The summed E-state index contributed by atoms with van der Waals surface area (Å²) in [7, 11) is 0. The lowest BCUT2D eigenvalue weighted by Gasteiger charge is -2.31. The van der Waals surface area contributed by atoms with E-state index < -0.39 is 0 Å². The number of carbonyl (C=O) groups excluding carboxylic acids is 1. The largest absolute Gasteiger partial charge is 0.378 e. The van der Waals surface area contributed by atoms with Crippen molar-refractivity contribution >= 4 is 23.6 Å². The van der Waals surface area contributed by atoms with E-state index in [2.05, 4.69) is 26.6 Å². The lowest BCUT2D eigenvalue weighted by atomic mass is 10.00. The van der Waals surface area contributed by atoms with E-state index in [1.54, 1.807) is 0 Å². The van der Waals surface area contributed by atoms with Gasteiger partial charge in [0.2, 0.25) is 11.9 Å². The molecule has 1 amide bonds. The minimum atomic E-state index is 0.173. The predicted octanol–water partition coefficient (Wildman–Crippen LogP) is 1.80. The Morgan fingerprint density at radius 2 is 1.84 bits per heavy atom. The van der Waals surface area contributed by atoms with Crippen LogP contribution in [0.25, 0.3) is 0 Å². The van der Waals surface area contributed by atoms with Gasteiger partial charge in [0, 0.05) is 32.2 Å². The highest BCUT2D eigenvalue weighted by Gasteiger charge is 2.33. The number of piperidine rings is 1. The van der Waals surface area contributed by atoms with Gasteiger partial charge < -0.3 is 14.5 Å². The van der Waals surface area contributed by atoms with E-state index in [4.69, 9.17) is 4.74 Å². The molecule has 3 aliphatic rings. The fourth-order valence-corrected chi connectivity index (χ4v) is 4.38. The van der Waals surface area contributed by atoms with E-state index in [0.717, 1.165) is 30.1 Å². The summed E-state index contributed by atoms with van der Waals surface area (Å²) in [5.74, 6) is 2.42. The lowest BCUT2D eigenvalue weighted by molar-refractivity contribution is -0.132. The molecule has 0 spiro atoms. The highest BCUT2D eigenvalue weighted by atomic mass is 32.2. The van der Waals surface area contributed by atoms with Gasteiger partial charge in [-0.2, -0.15) is 0 Å². The smallest absolute Gasteiger partial charge is 0.233 e. The van der Waals surface area contributed by atoms with E-state index in [0.29, 0.717) is 38.1 Å². The Morgan fingerprint density at radius 1 is 1.12 bits per heavy atom. The summed E-state index contributed by atoms with van der Waals surface area (Å²) in [4.78, 5) is 16.7. The number of carbonyl (C=O) groups is 1. The van der Waals surface area contributed by atoms with Gasteiger partial charge in [-0.05, 0) is 31.6 Å². The van der Waals surface area contributed by atoms with Crippen molar-refractivity contribution in [2.75, 3.05) is 50.0 Å². The first-order chi connectivity index (χ1) is 12.2. The van der Waals surface area contributed by atoms with E-state index >= 15 is 0 Å². The molecule has 1 aromatic heterocycles. The molecule has 0 N–H and O–H groups in total. The number of aromatic nitrogens is 3. The van der Waals surface area contributed by atoms with Gasteiger partial charge in [-0.3, -0.25) is 9.36 Å². The molecular weight excluding hydrogens is 338 g/mol. The molecule has 7 nitrogen and oxygen atoms in total. The third kappa shape index (κ3) is 3.95. The zero-order valence-corrected chi connectivity index (χ0v) is 15.7. The van der Waals surface area contributed by atoms with Gasteiger partial charge in [0.1, 0.15) is 0 Å². The molecule has 0 aromatic carbocycles. The predicted molar refractivity (Wildman–Crippen MR) is 97.0 cm³/mol. The Morgan fingerprint density at radius 3 is 2.52 bits per heavy atom. The van der Waals surface area contributed by atoms with Crippen molar-refractivity contribution in [1.82, 2.24) is 19.7 Å². The van der Waals surface area contributed by atoms with Crippen LogP contribution in [-0.2, 0) is 9.53 Å². The molecule has 3 fully saturated rings. The van der Waals surface area contributed by atoms with Crippen molar-refractivity contribution in [3.8, 4) is 0 Å². The van der Waals surface area contributed by atoms with E-state index in [9.17, 15) is 4.79 Å². The maximum atomic E-state index is 12.4. The summed E-state index contributed by atoms with van der Waals surface area (Å²) >= 11 is 1.53. The summed E-state index contributed by atoms with van der Waals surface area (Å²) < 4.78 is 7.60. The van der Waals surface area contributed by atoms with Crippen molar-refractivity contribution in [1.29, 1.82) is 0 Å². The molecule has 1 aliphatic carbocycles. The van der Waals surface area contributed by atoms with Crippen LogP contribution in [0.5, 0.6) is 0 Å². The number of hydrogen-bond acceptors (Lipinski definition) is 6. The molecule has 4 rings (SSSR count). The first-order valence-corrected chi connectivity index (χ1v) is 10.4. The second-order valence-electron chi connectivity index (χ2n) is 7.34. The van der Waals surface area contributed by atoms with Gasteiger partial charge in [0.15, 0.2) is 5.16 Å². The highest BCUT2D eigenvalue weighted by molar-refractivity contribution is 7.99. The summed E-state index contributed by atoms with van der Waals surface area (Å²) in [5, 5.41) is 9.82. The molecule has 0 unspecified atom stereocenters. The second-order valence-corrected chi connectivity index (χ2v) is 8.28. The molecule has 3 heterocycles. The Balaban J connectivity index is 1.42. The number of morpholine rings is 1. The van der Waals surface area contributed by atoms with Crippen LogP contribution in [0.2, 0.25) is 0 Å². The van der Waals surface area contributed by atoms with Crippen LogP contribution in [0.3, 0.4) is 0 Å². The molecule has 2 saturated heterocycles. The Bertz CT molecular complexity index is 604. The molecule has 2 aliphatic heterocycles. The molecule has 0 bridgehead atoms. The van der Waals surface area contributed by atoms with Crippen LogP contribution in [0.15, 0.2) is 5.16 Å².